The molecule has 0 saturated carbocycles. The first-order valence-corrected chi connectivity index (χ1v) is 7.28. The van der Waals surface area contributed by atoms with Gasteiger partial charge in [-0.2, -0.15) is 8.78 Å². The number of anilines is 1. The molecule has 0 spiro atoms. The number of pyridine rings is 1. The number of aromatic nitrogens is 1. The standard InChI is InChI=1S/C18H14F2N2O2/c19-18(20)24-15-7-5-12(6-8-15)9-17(23)22-14-10-13-3-1-2-4-16(13)21-11-14/h1-8,10-11,18H,9H2,(H,22,23). The normalized spacial score (nSPS) is 10.8. The number of carbonyl (C=O) groups excluding carboxylic acids is 1. The Bertz CT molecular complexity index is 851. The van der Waals surface area contributed by atoms with E-state index >= 15 is 0 Å². The van der Waals surface area contributed by atoms with Crippen molar-refractivity contribution in [1.29, 1.82) is 0 Å². The van der Waals surface area contributed by atoms with E-state index in [0.29, 0.717) is 11.3 Å². The van der Waals surface area contributed by atoms with Crippen LogP contribution in [0.5, 0.6) is 5.75 Å². The van der Waals surface area contributed by atoms with Crippen LogP contribution in [-0.4, -0.2) is 17.5 Å². The molecule has 2 aromatic carbocycles. The number of nitrogens with one attached hydrogen (secondary N) is 1. The third-order valence-corrected chi connectivity index (χ3v) is 3.39. The first kappa shape index (κ1) is 15.9. The van der Waals surface area contributed by atoms with Gasteiger partial charge in [-0.15, -0.1) is 0 Å². The number of ether oxygens (including phenoxy) is 1. The first-order chi connectivity index (χ1) is 11.6. The van der Waals surface area contributed by atoms with Gasteiger partial charge in [-0.05, 0) is 29.8 Å². The minimum absolute atomic E-state index is 0.0629. The Morgan fingerprint density at radius 2 is 1.88 bits per heavy atom. The smallest absolute Gasteiger partial charge is 0.387 e. The Labute approximate surface area is 137 Å². The van der Waals surface area contributed by atoms with Gasteiger partial charge >= 0.3 is 6.61 Å². The van der Waals surface area contributed by atoms with Crippen molar-refractivity contribution < 1.29 is 18.3 Å². The molecule has 24 heavy (non-hydrogen) atoms. The molecule has 1 heterocycles. The predicted molar refractivity (Wildman–Crippen MR) is 87.2 cm³/mol. The van der Waals surface area contributed by atoms with E-state index in [1.165, 1.54) is 12.1 Å². The van der Waals surface area contributed by atoms with Gasteiger partial charge in [-0.1, -0.05) is 30.3 Å². The third-order valence-electron chi connectivity index (χ3n) is 3.39. The number of rotatable bonds is 5. The van der Waals surface area contributed by atoms with E-state index in [0.717, 1.165) is 10.9 Å². The molecule has 3 aromatic rings. The summed E-state index contributed by atoms with van der Waals surface area (Å²) in [5.74, 6) is -0.150. The third kappa shape index (κ3) is 4.04. The number of para-hydroxylation sites is 1. The molecule has 4 nitrogen and oxygen atoms in total. The lowest BCUT2D eigenvalue weighted by molar-refractivity contribution is -0.115. The lowest BCUT2D eigenvalue weighted by Crippen LogP contribution is -2.14. The zero-order valence-corrected chi connectivity index (χ0v) is 12.6. The number of hydrogen-bond acceptors (Lipinski definition) is 3. The van der Waals surface area contributed by atoms with Crippen molar-refractivity contribution >= 4 is 22.5 Å². The Hall–Kier alpha value is -3.02. The van der Waals surface area contributed by atoms with Gasteiger partial charge in [0.15, 0.2) is 0 Å². The minimum Gasteiger partial charge on any atom is -0.435 e. The second-order valence-electron chi connectivity index (χ2n) is 5.16. The lowest BCUT2D eigenvalue weighted by Gasteiger charge is -2.07. The second kappa shape index (κ2) is 7.04. The number of fused-ring (bicyclic) bond motifs is 1. The van der Waals surface area contributed by atoms with Crippen LogP contribution in [-0.2, 0) is 11.2 Å². The van der Waals surface area contributed by atoms with E-state index in [1.54, 1.807) is 18.3 Å². The Morgan fingerprint density at radius 1 is 1.12 bits per heavy atom. The molecule has 0 aliphatic rings. The maximum atomic E-state index is 12.1. The van der Waals surface area contributed by atoms with Crippen molar-refractivity contribution in [2.75, 3.05) is 5.32 Å². The summed E-state index contributed by atoms with van der Waals surface area (Å²) in [5, 5.41) is 3.71. The molecule has 122 valence electrons. The molecular weight excluding hydrogens is 314 g/mol. The van der Waals surface area contributed by atoms with Gasteiger partial charge < -0.3 is 10.1 Å². The van der Waals surface area contributed by atoms with Crippen LogP contribution in [0.25, 0.3) is 10.9 Å². The zero-order valence-electron chi connectivity index (χ0n) is 12.6. The summed E-state index contributed by atoms with van der Waals surface area (Å²) < 4.78 is 28.5. The number of alkyl halides is 2. The van der Waals surface area contributed by atoms with Gasteiger partial charge in [0.25, 0.3) is 0 Å². The molecule has 0 unspecified atom stereocenters. The van der Waals surface area contributed by atoms with Crippen molar-refractivity contribution in [3.8, 4) is 5.75 Å². The molecule has 1 N–H and O–H groups in total. The van der Waals surface area contributed by atoms with E-state index in [-0.39, 0.29) is 18.1 Å². The topological polar surface area (TPSA) is 51.2 Å². The van der Waals surface area contributed by atoms with Crippen molar-refractivity contribution in [2.45, 2.75) is 13.0 Å². The minimum atomic E-state index is -2.86. The molecule has 6 heteroatoms. The van der Waals surface area contributed by atoms with Gasteiger partial charge in [-0.3, -0.25) is 9.78 Å². The zero-order chi connectivity index (χ0) is 16.9. The summed E-state index contributed by atoms with van der Waals surface area (Å²) in [5.41, 5.74) is 2.16. The summed E-state index contributed by atoms with van der Waals surface area (Å²) in [6.45, 7) is -2.86. The van der Waals surface area contributed by atoms with E-state index in [4.69, 9.17) is 0 Å². The fourth-order valence-electron chi connectivity index (χ4n) is 2.32. The van der Waals surface area contributed by atoms with Crippen LogP contribution in [0.1, 0.15) is 5.56 Å². The van der Waals surface area contributed by atoms with Crippen LogP contribution in [0.15, 0.2) is 60.8 Å². The Balaban J connectivity index is 1.64. The largest absolute Gasteiger partial charge is 0.435 e. The monoisotopic (exact) mass is 328 g/mol. The molecule has 0 fully saturated rings. The Morgan fingerprint density at radius 3 is 2.62 bits per heavy atom. The van der Waals surface area contributed by atoms with Gasteiger partial charge in [0, 0.05) is 5.39 Å². The van der Waals surface area contributed by atoms with Crippen LogP contribution in [0.4, 0.5) is 14.5 Å². The summed E-state index contributed by atoms with van der Waals surface area (Å²) in [7, 11) is 0. The molecular formula is C18H14F2N2O2. The van der Waals surface area contributed by atoms with E-state index < -0.39 is 6.61 Å². The molecule has 0 radical (unpaired) electrons. The molecule has 1 aromatic heterocycles. The van der Waals surface area contributed by atoms with Gasteiger partial charge in [-0.25, -0.2) is 0 Å². The highest BCUT2D eigenvalue weighted by atomic mass is 19.3. The van der Waals surface area contributed by atoms with Crippen molar-refractivity contribution in [3.05, 3.63) is 66.4 Å². The molecule has 0 aliphatic carbocycles. The number of halogens is 2. The maximum Gasteiger partial charge on any atom is 0.387 e. The van der Waals surface area contributed by atoms with Gasteiger partial charge in [0.2, 0.25) is 5.91 Å². The van der Waals surface area contributed by atoms with Gasteiger partial charge in [0.1, 0.15) is 5.75 Å². The SMILES string of the molecule is O=C(Cc1ccc(OC(F)F)cc1)Nc1cnc2ccccc2c1. The van der Waals surface area contributed by atoms with Crippen LogP contribution < -0.4 is 10.1 Å². The number of benzene rings is 2. The highest BCUT2D eigenvalue weighted by molar-refractivity contribution is 5.94. The maximum absolute atomic E-state index is 12.1. The van der Waals surface area contributed by atoms with Crippen molar-refractivity contribution in [1.82, 2.24) is 4.98 Å². The first-order valence-electron chi connectivity index (χ1n) is 7.28. The molecule has 3 rings (SSSR count). The molecule has 1 amide bonds. The van der Waals surface area contributed by atoms with E-state index in [9.17, 15) is 13.6 Å². The lowest BCUT2D eigenvalue weighted by atomic mass is 10.1. The summed E-state index contributed by atoms with van der Waals surface area (Å²) in [4.78, 5) is 16.4. The van der Waals surface area contributed by atoms with Gasteiger partial charge in [0.05, 0.1) is 23.8 Å². The van der Waals surface area contributed by atoms with Crippen LogP contribution in [0, 0.1) is 0 Å². The van der Waals surface area contributed by atoms with Crippen molar-refractivity contribution in [3.63, 3.8) is 0 Å². The van der Waals surface area contributed by atoms with Crippen LogP contribution >= 0.6 is 0 Å². The second-order valence-corrected chi connectivity index (χ2v) is 5.16. The fraction of sp³-hybridized carbons (Fsp3) is 0.111. The number of hydrogen-bond donors (Lipinski definition) is 1. The molecule has 0 bridgehead atoms. The average Bonchev–Trinajstić information content (AvgIpc) is 2.56. The number of carbonyl (C=O) groups is 1. The highest BCUT2D eigenvalue weighted by Gasteiger charge is 2.07. The molecule has 0 aliphatic heterocycles. The average molecular weight is 328 g/mol. The predicted octanol–water partition coefficient (Wildman–Crippen LogP) is 4.02. The number of nitrogens with zero attached hydrogens (tertiary/aromatic N) is 1. The van der Waals surface area contributed by atoms with Crippen LogP contribution in [0.2, 0.25) is 0 Å². The van der Waals surface area contributed by atoms with Crippen molar-refractivity contribution in [2.24, 2.45) is 0 Å². The number of amides is 1. The highest BCUT2D eigenvalue weighted by Crippen LogP contribution is 2.18. The van der Waals surface area contributed by atoms with E-state index in [2.05, 4.69) is 15.0 Å². The Kier molecular flexibility index (Phi) is 4.65. The summed E-state index contributed by atoms with van der Waals surface area (Å²) >= 11 is 0. The summed E-state index contributed by atoms with van der Waals surface area (Å²) in [6.07, 6.45) is 1.72. The molecule has 0 saturated heterocycles. The molecule has 0 atom stereocenters. The van der Waals surface area contributed by atoms with Crippen LogP contribution in [0.3, 0.4) is 0 Å². The van der Waals surface area contributed by atoms with E-state index in [1.807, 2.05) is 30.3 Å². The quantitative estimate of drug-likeness (QED) is 0.770. The fourth-order valence-corrected chi connectivity index (χ4v) is 2.32. The summed E-state index contributed by atoms with van der Waals surface area (Å²) in [6, 6.07) is 15.4.